The molecule has 6 heteroatoms. The third kappa shape index (κ3) is 52.9. The van der Waals surface area contributed by atoms with E-state index in [0.29, 0.717) is 19.3 Å². The lowest BCUT2D eigenvalue weighted by Crippen LogP contribution is -2.30. The van der Waals surface area contributed by atoms with Crippen LogP contribution in [0.15, 0.2) is 24.3 Å². The van der Waals surface area contributed by atoms with Gasteiger partial charge in [-0.1, -0.05) is 283 Å². The number of carbonyl (C=O) groups excluding carboxylic acids is 3. The second-order valence-electron chi connectivity index (χ2n) is 19.9. The lowest BCUT2D eigenvalue weighted by Gasteiger charge is -2.18. The van der Waals surface area contributed by atoms with Crippen molar-refractivity contribution in [3.63, 3.8) is 0 Å². The minimum atomic E-state index is -0.772. The SMILES string of the molecule is CCC/C=C\C/C=C\CCCCCCCC(=O)OC(COC(=O)CCCCCCCCCCCC)COC(=O)CCCCCCCCCCCCCCCCCCCCCCCCCCC. The zero-order valence-electron chi connectivity index (χ0n) is 44.5. The molecule has 388 valence electrons. The van der Waals surface area contributed by atoms with Gasteiger partial charge in [-0.25, -0.2) is 0 Å². The van der Waals surface area contributed by atoms with E-state index in [1.54, 1.807) is 0 Å². The van der Waals surface area contributed by atoms with Gasteiger partial charge in [0, 0.05) is 19.3 Å². The Balaban J connectivity index is 4.14. The minimum Gasteiger partial charge on any atom is -0.462 e. The molecular formula is C60H112O6. The first-order chi connectivity index (χ1) is 32.5. The van der Waals surface area contributed by atoms with Crippen molar-refractivity contribution in [1.82, 2.24) is 0 Å². The van der Waals surface area contributed by atoms with Gasteiger partial charge in [0.2, 0.25) is 0 Å². The van der Waals surface area contributed by atoms with Crippen LogP contribution in [-0.2, 0) is 28.6 Å². The number of hydrogen-bond donors (Lipinski definition) is 0. The fourth-order valence-electron chi connectivity index (χ4n) is 8.78. The third-order valence-electron chi connectivity index (χ3n) is 13.2. The van der Waals surface area contributed by atoms with Crippen LogP contribution < -0.4 is 0 Å². The molecule has 1 unspecified atom stereocenters. The number of unbranched alkanes of at least 4 members (excludes halogenated alkanes) is 39. The largest absolute Gasteiger partial charge is 0.462 e. The van der Waals surface area contributed by atoms with Gasteiger partial charge in [0.1, 0.15) is 13.2 Å². The molecule has 1 atom stereocenters. The zero-order chi connectivity index (χ0) is 47.9. The Kier molecular flexibility index (Phi) is 53.7. The Bertz CT molecular complexity index is 1070. The van der Waals surface area contributed by atoms with Crippen molar-refractivity contribution in [3.8, 4) is 0 Å². The summed E-state index contributed by atoms with van der Waals surface area (Å²) in [7, 11) is 0. The fraction of sp³-hybridized carbons (Fsp3) is 0.883. The van der Waals surface area contributed by atoms with Gasteiger partial charge in [-0.2, -0.15) is 0 Å². The minimum absolute atomic E-state index is 0.0720. The first kappa shape index (κ1) is 63.9. The average Bonchev–Trinajstić information content (AvgIpc) is 3.31. The van der Waals surface area contributed by atoms with Crippen molar-refractivity contribution in [3.05, 3.63) is 24.3 Å². The van der Waals surface area contributed by atoms with Gasteiger partial charge < -0.3 is 14.2 Å². The molecule has 6 nitrogen and oxygen atoms in total. The highest BCUT2D eigenvalue weighted by Crippen LogP contribution is 2.17. The van der Waals surface area contributed by atoms with Gasteiger partial charge in [-0.15, -0.1) is 0 Å². The van der Waals surface area contributed by atoms with E-state index in [0.717, 1.165) is 89.9 Å². The molecule has 0 saturated carbocycles. The lowest BCUT2D eigenvalue weighted by molar-refractivity contribution is -0.167. The van der Waals surface area contributed by atoms with Crippen molar-refractivity contribution in [1.29, 1.82) is 0 Å². The van der Waals surface area contributed by atoms with Crippen LogP contribution in [0.1, 0.15) is 323 Å². The molecule has 0 aliphatic rings. The third-order valence-corrected chi connectivity index (χ3v) is 13.2. The summed E-state index contributed by atoms with van der Waals surface area (Å²) in [6, 6.07) is 0. The zero-order valence-corrected chi connectivity index (χ0v) is 44.5. The number of carbonyl (C=O) groups is 3. The number of esters is 3. The summed E-state index contributed by atoms with van der Waals surface area (Å²) < 4.78 is 16.8. The molecule has 0 aromatic rings. The quantitative estimate of drug-likeness (QED) is 0.0262. The average molecular weight is 930 g/mol. The second kappa shape index (κ2) is 55.5. The van der Waals surface area contributed by atoms with Gasteiger partial charge in [0.25, 0.3) is 0 Å². The Morgan fingerprint density at radius 3 is 0.894 bits per heavy atom. The Morgan fingerprint density at radius 2 is 0.576 bits per heavy atom. The van der Waals surface area contributed by atoms with Gasteiger partial charge in [-0.3, -0.25) is 14.4 Å². The molecule has 0 aliphatic heterocycles. The topological polar surface area (TPSA) is 78.9 Å². The monoisotopic (exact) mass is 929 g/mol. The molecule has 66 heavy (non-hydrogen) atoms. The number of ether oxygens (including phenoxy) is 3. The van der Waals surface area contributed by atoms with E-state index in [1.165, 1.54) is 193 Å². The molecular weight excluding hydrogens is 817 g/mol. The van der Waals surface area contributed by atoms with E-state index in [9.17, 15) is 14.4 Å². The van der Waals surface area contributed by atoms with Crippen molar-refractivity contribution in [2.75, 3.05) is 13.2 Å². The molecule has 0 N–H and O–H groups in total. The van der Waals surface area contributed by atoms with E-state index in [4.69, 9.17) is 14.2 Å². The summed E-state index contributed by atoms with van der Waals surface area (Å²) in [6.45, 7) is 6.60. The van der Waals surface area contributed by atoms with E-state index in [2.05, 4.69) is 45.1 Å². The van der Waals surface area contributed by atoms with Crippen LogP contribution in [-0.4, -0.2) is 37.2 Å². The first-order valence-electron chi connectivity index (χ1n) is 29.3. The normalized spacial score (nSPS) is 12.1. The van der Waals surface area contributed by atoms with Crippen LogP contribution in [0.3, 0.4) is 0 Å². The van der Waals surface area contributed by atoms with E-state index < -0.39 is 6.10 Å². The molecule has 0 aliphatic carbocycles. The molecule has 0 aromatic carbocycles. The smallest absolute Gasteiger partial charge is 0.306 e. The summed E-state index contributed by atoms with van der Waals surface area (Å²) in [4.78, 5) is 38.0. The molecule has 0 bridgehead atoms. The maximum Gasteiger partial charge on any atom is 0.306 e. The van der Waals surface area contributed by atoms with E-state index in [1.807, 2.05) is 0 Å². The predicted molar refractivity (Wildman–Crippen MR) is 284 cm³/mol. The molecule has 0 saturated heterocycles. The molecule has 0 radical (unpaired) electrons. The summed E-state index contributed by atoms with van der Waals surface area (Å²) >= 11 is 0. The highest BCUT2D eigenvalue weighted by Gasteiger charge is 2.19. The Morgan fingerprint density at radius 1 is 0.303 bits per heavy atom. The molecule has 0 heterocycles. The highest BCUT2D eigenvalue weighted by molar-refractivity contribution is 5.71. The van der Waals surface area contributed by atoms with Crippen LogP contribution in [0.5, 0.6) is 0 Å². The summed E-state index contributed by atoms with van der Waals surface area (Å²) in [5, 5.41) is 0. The molecule has 0 spiro atoms. The van der Waals surface area contributed by atoms with Crippen molar-refractivity contribution < 1.29 is 28.6 Å². The lowest BCUT2D eigenvalue weighted by atomic mass is 10.0. The number of allylic oxidation sites excluding steroid dienone is 4. The van der Waals surface area contributed by atoms with Crippen molar-refractivity contribution in [2.45, 2.75) is 329 Å². The van der Waals surface area contributed by atoms with Gasteiger partial charge >= 0.3 is 17.9 Å². The van der Waals surface area contributed by atoms with E-state index >= 15 is 0 Å². The van der Waals surface area contributed by atoms with Crippen LogP contribution in [0.25, 0.3) is 0 Å². The maximum atomic E-state index is 12.8. The van der Waals surface area contributed by atoms with E-state index in [-0.39, 0.29) is 31.1 Å². The van der Waals surface area contributed by atoms with Crippen molar-refractivity contribution >= 4 is 17.9 Å². The highest BCUT2D eigenvalue weighted by atomic mass is 16.6. The van der Waals surface area contributed by atoms with Crippen molar-refractivity contribution in [2.24, 2.45) is 0 Å². The molecule has 0 fully saturated rings. The summed E-state index contributed by atoms with van der Waals surface area (Å²) in [6.07, 6.45) is 64.8. The Labute approximate surface area is 411 Å². The fourth-order valence-corrected chi connectivity index (χ4v) is 8.78. The van der Waals surface area contributed by atoms with Crippen LogP contribution in [0.4, 0.5) is 0 Å². The molecule has 0 rings (SSSR count). The summed E-state index contributed by atoms with van der Waals surface area (Å²) in [5.74, 6) is -0.870. The maximum absolute atomic E-state index is 12.8. The number of hydrogen-bond acceptors (Lipinski definition) is 6. The standard InChI is InChI=1S/C60H112O6/c1-4-7-10-13-16-19-22-24-25-26-27-28-29-30-31-32-33-34-35-37-38-41-44-47-50-53-59(62)65-56-57(55-64-58(61)52-49-46-43-40-21-18-15-12-9-6-3)66-60(63)54-51-48-45-42-39-36-23-20-17-14-11-8-5-2/h11,14,20,23,57H,4-10,12-13,15-19,21-22,24-56H2,1-3H3/b14-11-,23-20-. The van der Waals surface area contributed by atoms with Gasteiger partial charge in [-0.05, 0) is 44.9 Å². The van der Waals surface area contributed by atoms with Crippen LogP contribution in [0.2, 0.25) is 0 Å². The summed E-state index contributed by atoms with van der Waals surface area (Å²) in [5.41, 5.74) is 0. The van der Waals surface area contributed by atoms with Gasteiger partial charge in [0.15, 0.2) is 6.10 Å². The second-order valence-corrected chi connectivity index (χ2v) is 19.9. The first-order valence-corrected chi connectivity index (χ1v) is 29.3. The molecule has 0 aromatic heterocycles. The van der Waals surface area contributed by atoms with Crippen LogP contribution >= 0.6 is 0 Å². The van der Waals surface area contributed by atoms with Gasteiger partial charge in [0.05, 0.1) is 0 Å². The number of rotatable bonds is 54. The Hall–Kier alpha value is -2.11. The van der Waals surface area contributed by atoms with Crippen LogP contribution in [0, 0.1) is 0 Å². The molecule has 0 amide bonds. The predicted octanol–water partition coefficient (Wildman–Crippen LogP) is 19.5.